The highest BCUT2D eigenvalue weighted by atomic mass is 19.2. The van der Waals surface area contributed by atoms with Crippen LogP contribution in [0.1, 0.15) is 0 Å². The zero-order valence-electron chi connectivity index (χ0n) is 2.33. The molecule has 0 aliphatic heterocycles. The summed E-state index contributed by atoms with van der Waals surface area (Å²) in [7, 11) is 0. The lowest BCUT2D eigenvalue weighted by molar-refractivity contribution is 0.449. The average Bonchev–Trinajstić information content (AvgIpc) is 1.79. The largest absolute Gasteiger partial charge is 0.234 e. The van der Waals surface area contributed by atoms with E-state index in [9.17, 15) is 8.78 Å². The summed E-state index contributed by atoms with van der Waals surface area (Å²) in [6.07, 6.45) is 0.329. The minimum absolute atomic E-state index is 0.745. The molecular weight excluding hydrogens is 74.0 g/mol. The summed E-state index contributed by atoms with van der Waals surface area (Å²) < 4.78 is 21.9. The van der Waals surface area contributed by atoms with Crippen LogP contribution in [0.2, 0.25) is 0 Å². The molecule has 0 aromatic heterocycles. The first-order valence-corrected chi connectivity index (χ1v) is 1.23. The van der Waals surface area contributed by atoms with Crippen molar-refractivity contribution in [2.45, 2.75) is 6.17 Å². The molecule has 1 atom stereocenters. The van der Waals surface area contributed by atoms with Crippen molar-refractivity contribution < 1.29 is 8.78 Å². The van der Waals surface area contributed by atoms with Crippen molar-refractivity contribution in [3.8, 4) is 0 Å². The third kappa shape index (κ3) is 0.294. The van der Waals surface area contributed by atoms with Gasteiger partial charge in [-0.2, -0.15) is 0 Å². The van der Waals surface area contributed by atoms with Gasteiger partial charge in [-0.3, -0.25) is 0 Å². The smallest absolute Gasteiger partial charge is 0.180 e. The Morgan fingerprint density at radius 3 is 2.00 bits per heavy atom. The Labute approximate surface area is 28.1 Å². The number of rotatable bonds is 0. The van der Waals surface area contributed by atoms with Crippen LogP contribution in [0.5, 0.6) is 0 Å². The van der Waals surface area contributed by atoms with Crippen LogP contribution in [0.25, 0.3) is 0 Å². The van der Waals surface area contributed by atoms with Crippen LogP contribution in [0.15, 0.2) is 5.83 Å². The highest BCUT2D eigenvalue weighted by Crippen LogP contribution is 2.22. The second-order valence-corrected chi connectivity index (χ2v) is 0.855. The molecule has 0 bridgehead atoms. The molecule has 0 fully saturated rings. The molecule has 0 saturated heterocycles. The quantitative estimate of drug-likeness (QED) is 0.403. The van der Waals surface area contributed by atoms with Crippen molar-refractivity contribution in [1.82, 2.24) is 0 Å². The fourth-order valence-corrected chi connectivity index (χ4v) is 0.0794. The first-order valence-electron chi connectivity index (χ1n) is 1.23. The summed E-state index contributed by atoms with van der Waals surface area (Å²) in [5.74, 6) is -0.745. The molecule has 0 heterocycles. The molecule has 1 unspecified atom stereocenters. The maximum absolute atomic E-state index is 11.0. The van der Waals surface area contributed by atoms with Gasteiger partial charge in [0.05, 0.1) is 0 Å². The van der Waals surface area contributed by atoms with Crippen LogP contribution in [0.3, 0.4) is 0 Å². The van der Waals surface area contributed by atoms with Gasteiger partial charge in [0, 0.05) is 6.08 Å². The minimum Gasteiger partial charge on any atom is -0.234 e. The maximum atomic E-state index is 11.0. The molecule has 27 valence electrons. The highest BCUT2D eigenvalue weighted by molar-refractivity contribution is 5.16. The summed E-state index contributed by atoms with van der Waals surface area (Å²) >= 11 is 0. The Kier molecular flexibility index (Phi) is 0.315. The molecule has 2 heteroatoms. The van der Waals surface area contributed by atoms with E-state index in [0.29, 0.717) is 0 Å². The predicted molar refractivity (Wildman–Crippen MR) is 12.8 cm³/mol. The van der Waals surface area contributed by atoms with Crippen LogP contribution in [-0.2, 0) is 0 Å². The summed E-state index contributed by atoms with van der Waals surface area (Å²) in [6.45, 7) is 0. The van der Waals surface area contributed by atoms with Gasteiger partial charge in [0.1, 0.15) is 5.83 Å². The lowest BCUT2D eigenvalue weighted by Crippen LogP contribution is -1.62. The van der Waals surface area contributed by atoms with E-state index in [0.717, 1.165) is 0 Å². The first-order chi connectivity index (χ1) is 2.30. The lowest BCUT2D eigenvalue weighted by Gasteiger charge is -1.60. The zero-order chi connectivity index (χ0) is 3.86. The lowest BCUT2D eigenvalue weighted by atomic mass is 10.8. The molecular formula is C3HF2. The molecule has 5 heavy (non-hydrogen) atoms. The van der Waals surface area contributed by atoms with E-state index in [1.165, 1.54) is 0 Å². The molecule has 1 rings (SSSR count). The van der Waals surface area contributed by atoms with E-state index in [-0.39, 0.29) is 0 Å². The molecule has 0 nitrogen and oxygen atoms in total. The number of allylic oxidation sites excluding steroid dienone is 2. The normalized spacial score (nSPS) is 33.2. The fourth-order valence-electron chi connectivity index (χ4n) is 0.0794. The molecule has 0 amide bonds. The third-order valence-electron chi connectivity index (χ3n) is 0.404. The van der Waals surface area contributed by atoms with Gasteiger partial charge >= 0.3 is 0 Å². The average molecular weight is 75.0 g/mol. The van der Waals surface area contributed by atoms with Crippen LogP contribution >= 0.6 is 0 Å². The molecule has 0 spiro atoms. The molecule has 1 radical (unpaired) electrons. The summed E-state index contributed by atoms with van der Waals surface area (Å²) in [5, 5.41) is 0. The van der Waals surface area contributed by atoms with Crippen molar-refractivity contribution in [2.75, 3.05) is 0 Å². The SMILES string of the molecule is FC1=[C]C1F. The highest BCUT2D eigenvalue weighted by Gasteiger charge is 2.24. The van der Waals surface area contributed by atoms with Crippen LogP contribution < -0.4 is 0 Å². The van der Waals surface area contributed by atoms with E-state index in [1.54, 1.807) is 6.08 Å². The molecule has 0 N–H and O–H groups in total. The number of alkyl halides is 1. The van der Waals surface area contributed by atoms with Gasteiger partial charge in [-0.25, -0.2) is 8.78 Å². The van der Waals surface area contributed by atoms with Crippen molar-refractivity contribution >= 4 is 0 Å². The van der Waals surface area contributed by atoms with Gasteiger partial charge in [0.2, 0.25) is 0 Å². The fraction of sp³-hybridized carbons (Fsp3) is 0.333. The Balaban J connectivity index is 2.38. The van der Waals surface area contributed by atoms with E-state index in [1.807, 2.05) is 0 Å². The van der Waals surface area contributed by atoms with Gasteiger partial charge in [-0.1, -0.05) is 0 Å². The maximum Gasteiger partial charge on any atom is 0.180 e. The Morgan fingerprint density at radius 2 is 2.00 bits per heavy atom. The number of hydrogen-bond donors (Lipinski definition) is 0. The monoisotopic (exact) mass is 75.0 g/mol. The summed E-state index contributed by atoms with van der Waals surface area (Å²) in [5.41, 5.74) is 0. The van der Waals surface area contributed by atoms with Gasteiger partial charge < -0.3 is 0 Å². The van der Waals surface area contributed by atoms with E-state index in [4.69, 9.17) is 0 Å². The van der Waals surface area contributed by atoms with Crippen LogP contribution in [0, 0.1) is 6.08 Å². The van der Waals surface area contributed by atoms with Crippen molar-refractivity contribution in [3.05, 3.63) is 11.9 Å². The minimum atomic E-state index is -1.45. The predicted octanol–water partition coefficient (Wildman–Crippen LogP) is 0.995. The number of hydrogen-bond acceptors (Lipinski definition) is 0. The molecule has 0 saturated carbocycles. The Bertz CT molecular complexity index is 75.0. The molecule has 0 aromatic carbocycles. The second-order valence-electron chi connectivity index (χ2n) is 0.855. The van der Waals surface area contributed by atoms with Crippen LogP contribution in [-0.4, -0.2) is 6.17 Å². The standard InChI is InChI=1S/C3HF2/c4-2-1-3(2)5/h2H. The molecule has 0 aromatic rings. The van der Waals surface area contributed by atoms with E-state index < -0.39 is 12.0 Å². The van der Waals surface area contributed by atoms with Gasteiger partial charge in [0.25, 0.3) is 0 Å². The van der Waals surface area contributed by atoms with E-state index >= 15 is 0 Å². The van der Waals surface area contributed by atoms with Crippen molar-refractivity contribution in [2.24, 2.45) is 0 Å². The van der Waals surface area contributed by atoms with Gasteiger partial charge in [-0.15, -0.1) is 0 Å². The zero-order valence-corrected chi connectivity index (χ0v) is 2.33. The number of halogens is 2. The topological polar surface area (TPSA) is 0 Å². The third-order valence-corrected chi connectivity index (χ3v) is 0.404. The van der Waals surface area contributed by atoms with Crippen molar-refractivity contribution in [3.63, 3.8) is 0 Å². The second kappa shape index (κ2) is 0.559. The molecule has 1 aliphatic rings. The molecule has 1 aliphatic carbocycles. The Hall–Kier alpha value is -0.400. The first kappa shape index (κ1) is 2.82. The Morgan fingerprint density at radius 1 is 1.80 bits per heavy atom. The van der Waals surface area contributed by atoms with Gasteiger partial charge in [-0.05, 0) is 0 Å². The van der Waals surface area contributed by atoms with Crippen LogP contribution in [0.4, 0.5) is 8.78 Å². The summed E-state index contributed by atoms with van der Waals surface area (Å²) in [4.78, 5) is 0. The van der Waals surface area contributed by atoms with Gasteiger partial charge in [0.15, 0.2) is 6.17 Å². The van der Waals surface area contributed by atoms with Crippen molar-refractivity contribution in [1.29, 1.82) is 0 Å². The summed E-state index contributed by atoms with van der Waals surface area (Å²) in [6, 6.07) is 0. The van der Waals surface area contributed by atoms with E-state index in [2.05, 4.69) is 0 Å².